The summed E-state index contributed by atoms with van der Waals surface area (Å²) in [5.41, 5.74) is 4.06. The Labute approximate surface area is 131 Å². The summed E-state index contributed by atoms with van der Waals surface area (Å²) in [6, 6.07) is 23.7. The molecule has 1 unspecified atom stereocenters. The van der Waals surface area contributed by atoms with Gasteiger partial charge in [0.1, 0.15) is 0 Å². The first kappa shape index (κ1) is 14.2. The van der Waals surface area contributed by atoms with Crippen LogP contribution >= 0.6 is 11.6 Å². The van der Waals surface area contributed by atoms with E-state index in [0.717, 1.165) is 6.42 Å². The van der Waals surface area contributed by atoms with E-state index in [2.05, 4.69) is 73.7 Å². The van der Waals surface area contributed by atoms with Crippen LogP contribution in [-0.4, -0.2) is 5.88 Å². The molecule has 0 amide bonds. The van der Waals surface area contributed by atoms with Gasteiger partial charge in [0.2, 0.25) is 0 Å². The summed E-state index contributed by atoms with van der Waals surface area (Å²) >= 11 is 6.28. The smallest absolute Gasteiger partial charge is 0.0295 e. The fourth-order valence-electron chi connectivity index (χ4n) is 3.03. The van der Waals surface area contributed by atoms with E-state index in [1.54, 1.807) is 0 Å². The van der Waals surface area contributed by atoms with Crippen LogP contribution in [0.4, 0.5) is 0 Å². The van der Waals surface area contributed by atoms with Crippen LogP contribution in [-0.2, 0) is 6.42 Å². The van der Waals surface area contributed by atoms with Crippen molar-refractivity contribution in [2.75, 3.05) is 5.88 Å². The molecule has 1 heteroatoms. The highest BCUT2D eigenvalue weighted by Crippen LogP contribution is 2.28. The summed E-state index contributed by atoms with van der Waals surface area (Å²) < 4.78 is 0. The van der Waals surface area contributed by atoms with Gasteiger partial charge in [-0.2, -0.15) is 0 Å². The molecule has 0 spiro atoms. The maximum Gasteiger partial charge on any atom is 0.0295 e. The molecule has 0 aliphatic heterocycles. The first-order valence-electron chi connectivity index (χ1n) is 7.37. The van der Waals surface area contributed by atoms with Gasteiger partial charge in [-0.05, 0) is 40.8 Å². The van der Waals surface area contributed by atoms with Crippen molar-refractivity contribution in [2.24, 2.45) is 0 Å². The molecule has 0 saturated carbocycles. The molecule has 0 fully saturated rings. The minimum atomic E-state index is 0.360. The second kappa shape index (κ2) is 6.32. The Morgan fingerprint density at radius 3 is 2.38 bits per heavy atom. The van der Waals surface area contributed by atoms with Crippen molar-refractivity contribution in [3.05, 3.63) is 83.4 Å². The van der Waals surface area contributed by atoms with Crippen LogP contribution < -0.4 is 0 Å². The van der Waals surface area contributed by atoms with E-state index < -0.39 is 0 Å². The fraction of sp³-hybridized carbons (Fsp3) is 0.200. The molecule has 21 heavy (non-hydrogen) atoms. The monoisotopic (exact) mass is 294 g/mol. The summed E-state index contributed by atoms with van der Waals surface area (Å²) in [5.74, 6) is 1.01. The fourth-order valence-corrected chi connectivity index (χ4v) is 3.30. The molecule has 0 saturated heterocycles. The van der Waals surface area contributed by atoms with E-state index in [1.165, 1.54) is 27.5 Å². The molecule has 3 aromatic rings. The van der Waals surface area contributed by atoms with Crippen molar-refractivity contribution in [2.45, 2.75) is 19.3 Å². The third kappa shape index (κ3) is 2.96. The summed E-state index contributed by atoms with van der Waals surface area (Å²) in [4.78, 5) is 0. The molecule has 0 aliphatic rings. The molecule has 0 aromatic heterocycles. The maximum absolute atomic E-state index is 6.28. The normalized spacial score (nSPS) is 12.5. The molecule has 0 aliphatic carbocycles. The first-order chi connectivity index (χ1) is 10.3. The number of aryl methyl sites for hydroxylation is 1. The molecule has 0 bridgehead atoms. The van der Waals surface area contributed by atoms with Gasteiger partial charge in [-0.15, -0.1) is 11.6 Å². The number of rotatable bonds is 4. The van der Waals surface area contributed by atoms with Gasteiger partial charge < -0.3 is 0 Å². The number of benzene rings is 3. The van der Waals surface area contributed by atoms with Crippen LogP contribution in [0, 0.1) is 6.92 Å². The average Bonchev–Trinajstić information content (AvgIpc) is 2.53. The number of fused-ring (bicyclic) bond motifs is 1. The molecule has 0 heterocycles. The molecular weight excluding hydrogens is 276 g/mol. The van der Waals surface area contributed by atoms with Crippen molar-refractivity contribution in [3.8, 4) is 0 Å². The first-order valence-corrected chi connectivity index (χ1v) is 7.91. The predicted octanol–water partition coefficient (Wildman–Crippen LogP) is 5.71. The highest BCUT2D eigenvalue weighted by Gasteiger charge is 2.14. The van der Waals surface area contributed by atoms with Gasteiger partial charge in [0.05, 0.1) is 0 Å². The lowest BCUT2D eigenvalue weighted by atomic mass is 9.89. The van der Waals surface area contributed by atoms with E-state index >= 15 is 0 Å². The van der Waals surface area contributed by atoms with Crippen LogP contribution in [0.1, 0.15) is 22.6 Å². The Hall–Kier alpha value is -1.79. The average molecular weight is 295 g/mol. The maximum atomic E-state index is 6.28. The molecule has 106 valence electrons. The SMILES string of the molecule is Cc1ccccc1C(CCl)Cc1cccc2ccccc12. The van der Waals surface area contributed by atoms with Crippen LogP contribution in [0.5, 0.6) is 0 Å². The van der Waals surface area contributed by atoms with Crippen LogP contribution in [0.3, 0.4) is 0 Å². The second-order valence-electron chi connectivity index (χ2n) is 5.55. The minimum absolute atomic E-state index is 0.360. The van der Waals surface area contributed by atoms with Crippen LogP contribution in [0.2, 0.25) is 0 Å². The summed E-state index contributed by atoms with van der Waals surface area (Å²) in [6.07, 6.45) is 0.982. The summed E-state index contributed by atoms with van der Waals surface area (Å²) in [6.45, 7) is 2.16. The van der Waals surface area contributed by atoms with Gasteiger partial charge in [-0.3, -0.25) is 0 Å². The zero-order chi connectivity index (χ0) is 14.7. The van der Waals surface area contributed by atoms with Crippen LogP contribution in [0.15, 0.2) is 66.7 Å². The lowest BCUT2D eigenvalue weighted by Crippen LogP contribution is -2.07. The number of hydrogen-bond acceptors (Lipinski definition) is 0. The quantitative estimate of drug-likeness (QED) is 0.540. The molecule has 3 aromatic carbocycles. The second-order valence-corrected chi connectivity index (χ2v) is 5.86. The van der Waals surface area contributed by atoms with Gasteiger partial charge in [0.15, 0.2) is 0 Å². The third-order valence-corrected chi connectivity index (χ3v) is 4.53. The van der Waals surface area contributed by atoms with E-state index in [-0.39, 0.29) is 0 Å². The van der Waals surface area contributed by atoms with Gasteiger partial charge >= 0.3 is 0 Å². The lowest BCUT2D eigenvalue weighted by Gasteiger charge is -2.18. The van der Waals surface area contributed by atoms with Crippen LogP contribution in [0.25, 0.3) is 10.8 Å². The zero-order valence-electron chi connectivity index (χ0n) is 12.2. The summed E-state index contributed by atoms with van der Waals surface area (Å²) in [5, 5.41) is 2.64. The van der Waals surface area contributed by atoms with E-state index in [1.807, 2.05) is 0 Å². The zero-order valence-corrected chi connectivity index (χ0v) is 13.0. The van der Waals surface area contributed by atoms with Crippen molar-refractivity contribution < 1.29 is 0 Å². The molecule has 0 nitrogen and oxygen atoms in total. The van der Waals surface area contributed by atoms with Crippen molar-refractivity contribution in [3.63, 3.8) is 0 Å². The van der Waals surface area contributed by atoms with Crippen molar-refractivity contribution in [1.29, 1.82) is 0 Å². The number of alkyl halides is 1. The van der Waals surface area contributed by atoms with Gasteiger partial charge in [0, 0.05) is 11.8 Å². The summed E-state index contributed by atoms with van der Waals surface area (Å²) in [7, 11) is 0. The topological polar surface area (TPSA) is 0 Å². The Balaban J connectivity index is 1.98. The highest BCUT2D eigenvalue weighted by atomic mass is 35.5. The molecular formula is C20H19Cl. The molecule has 0 N–H and O–H groups in total. The van der Waals surface area contributed by atoms with Crippen molar-refractivity contribution in [1.82, 2.24) is 0 Å². The molecule has 3 rings (SSSR count). The minimum Gasteiger partial charge on any atom is -0.126 e. The van der Waals surface area contributed by atoms with Gasteiger partial charge in [0.25, 0.3) is 0 Å². The number of halogens is 1. The van der Waals surface area contributed by atoms with E-state index in [4.69, 9.17) is 11.6 Å². The lowest BCUT2D eigenvalue weighted by molar-refractivity contribution is 0.764. The third-order valence-electron chi connectivity index (χ3n) is 4.16. The predicted molar refractivity (Wildman–Crippen MR) is 92.3 cm³/mol. The Kier molecular flexibility index (Phi) is 4.26. The Morgan fingerprint density at radius 2 is 1.57 bits per heavy atom. The van der Waals surface area contributed by atoms with Gasteiger partial charge in [-0.25, -0.2) is 0 Å². The van der Waals surface area contributed by atoms with E-state index in [0.29, 0.717) is 11.8 Å². The van der Waals surface area contributed by atoms with Crippen molar-refractivity contribution >= 4 is 22.4 Å². The van der Waals surface area contributed by atoms with E-state index in [9.17, 15) is 0 Å². The molecule has 1 atom stereocenters. The van der Waals surface area contributed by atoms with Gasteiger partial charge in [-0.1, -0.05) is 66.7 Å². The largest absolute Gasteiger partial charge is 0.126 e. The molecule has 0 radical (unpaired) electrons. The Morgan fingerprint density at radius 1 is 0.857 bits per heavy atom. The standard InChI is InChI=1S/C20H19Cl/c1-15-7-2-4-11-19(15)18(14-21)13-17-10-6-9-16-8-3-5-12-20(16)17/h2-12,18H,13-14H2,1H3. The highest BCUT2D eigenvalue weighted by molar-refractivity contribution is 6.18. The number of hydrogen-bond donors (Lipinski definition) is 0. The Bertz CT molecular complexity index is 740.